The van der Waals surface area contributed by atoms with E-state index in [9.17, 15) is 9.18 Å². The number of benzene rings is 1. The SMILES string of the molecule is COC(=O)c1cc(NCc2nc(C)cs2)c(F)cc1N. The summed E-state index contributed by atoms with van der Waals surface area (Å²) in [6.45, 7) is 2.26. The second-order valence-electron chi connectivity index (χ2n) is 4.15. The zero-order chi connectivity index (χ0) is 14.7. The van der Waals surface area contributed by atoms with Crippen LogP contribution in [0.5, 0.6) is 0 Å². The Hall–Kier alpha value is -2.15. The molecule has 0 amide bonds. The first-order chi connectivity index (χ1) is 9.51. The number of carbonyl (C=O) groups excluding carboxylic acids is 1. The third-order valence-electron chi connectivity index (χ3n) is 2.64. The Kier molecular flexibility index (Phi) is 4.19. The molecule has 0 aliphatic rings. The number of nitrogens with two attached hydrogens (primary N) is 1. The molecule has 0 aliphatic carbocycles. The number of methoxy groups -OCH3 is 1. The van der Waals surface area contributed by atoms with E-state index in [4.69, 9.17) is 5.73 Å². The third kappa shape index (κ3) is 3.05. The van der Waals surface area contributed by atoms with Gasteiger partial charge in [-0.3, -0.25) is 0 Å². The molecule has 2 aromatic rings. The number of aryl methyl sites for hydroxylation is 1. The van der Waals surface area contributed by atoms with E-state index < -0.39 is 11.8 Å². The van der Waals surface area contributed by atoms with Gasteiger partial charge in [-0.25, -0.2) is 14.2 Å². The fraction of sp³-hybridized carbons (Fsp3) is 0.231. The summed E-state index contributed by atoms with van der Waals surface area (Å²) in [4.78, 5) is 15.8. The largest absolute Gasteiger partial charge is 0.465 e. The van der Waals surface area contributed by atoms with Gasteiger partial charge in [-0.05, 0) is 19.1 Å². The van der Waals surface area contributed by atoms with Crippen LogP contribution in [0, 0.1) is 12.7 Å². The smallest absolute Gasteiger partial charge is 0.340 e. The maximum Gasteiger partial charge on any atom is 0.340 e. The molecule has 1 aromatic carbocycles. The second-order valence-corrected chi connectivity index (χ2v) is 5.09. The second kappa shape index (κ2) is 5.87. The van der Waals surface area contributed by atoms with Crippen molar-refractivity contribution in [3.8, 4) is 0 Å². The molecule has 0 fully saturated rings. The van der Waals surface area contributed by atoms with E-state index in [1.807, 2.05) is 12.3 Å². The summed E-state index contributed by atoms with van der Waals surface area (Å²) in [7, 11) is 1.25. The van der Waals surface area contributed by atoms with E-state index in [0.29, 0.717) is 6.54 Å². The Balaban J connectivity index is 2.20. The van der Waals surface area contributed by atoms with E-state index in [0.717, 1.165) is 16.8 Å². The first-order valence-electron chi connectivity index (χ1n) is 5.83. The lowest BCUT2D eigenvalue weighted by atomic mass is 10.1. The molecule has 20 heavy (non-hydrogen) atoms. The number of hydrogen-bond donors (Lipinski definition) is 2. The molecule has 0 atom stereocenters. The zero-order valence-electron chi connectivity index (χ0n) is 11.1. The number of nitrogens with one attached hydrogen (secondary N) is 1. The summed E-state index contributed by atoms with van der Waals surface area (Å²) >= 11 is 1.48. The molecule has 1 aromatic heterocycles. The van der Waals surface area contributed by atoms with Gasteiger partial charge in [0.05, 0.1) is 24.9 Å². The fourth-order valence-electron chi connectivity index (χ4n) is 1.67. The number of hydrogen-bond acceptors (Lipinski definition) is 6. The van der Waals surface area contributed by atoms with E-state index in [1.165, 1.54) is 24.5 Å². The molecule has 0 saturated heterocycles. The molecule has 0 radical (unpaired) electrons. The number of anilines is 2. The number of ether oxygens (including phenoxy) is 1. The molecule has 0 saturated carbocycles. The van der Waals surface area contributed by atoms with Gasteiger partial charge in [0.2, 0.25) is 0 Å². The van der Waals surface area contributed by atoms with Crippen LogP contribution in [0.1, 0.15) is 21.1 Å². The van der Waals surface area contributed by atoms with Crippen LogP contribution in [0.25, 0.3) is 0 Å². The Labute approximate surface area is 119 Å². The molecule has 1 heterocycles. The van der Waals surface area contributed by atoms with Crippen molar-refractivity contribution in [1.29, 1.82) is 0 Å². The summed E-state index contributed by atoms with van der Waals surface area (Å²) < 4.78 is 18.4. The van der Waals surface area contributed by atoms with Crippen molar-refractivity contribution < 1.29 is 13.9 Å². The van der Waals surface area contributed by atoms with Gasteiger partial charge < -0.3 is 15.8 Å². The van der Waals surface area contributed by atoms with Crippen molar-refractivity contribution in [3.05, 3.63) is 39.6 Å². The van der Waals surface area contributed by atoms with E-state index in [1.54, 1.807) is 0 Å². The van der Waals surface area contributed by atoms with Crippen molar-refractivity contribution in [2.24, 2.45) is 0 Å². The third-order valence-corrected chi connectivity index (χ3v) is 3.61. The van der Waals surface area contributed by atoms with Crippen molar-refractivity contribution >= 4 is 28.7 Å². The van der Waals surface area contributed by atoms with E-state index >= 15 is 0 Å². The fourth-order valence-corrected chi connectivity index (χ4v) is 2.38. The van der Waals surface area contributed by atoms with Crippen LogP contribution in [0.4, 0.5) is 15.8 Å². The summed E-state index contributed by atoms with van der Waals surface area (Å²) in [5.74, 6) is -1.13. The molecular formula is C13H14FN3O2S. The molecule has 106 valence electrons. The Morgan fingerprint density at radius 1 is 1.55 bits per heavy atom. The first kappa shape index (κ1) is 14.3. The van der Waals surface area contributed by atoms with Crippen LogP contribution >= 0.6 is 11.3 Å². The first-order valence-corrected chi connectivity index (χ1v) is 6.71. The minimum Gasteiger partial charge on any atom is -0.465 e. The Bertz CT molecular complexity index is 643. The molecule has 5 nitrogen and oxygen atoms in total. The van der Waals surface area contributed by atoms with Gasteiger partial charge in [0.15, 0.2) is 0 Å². The molecule has 3 N–H and O–H groups in total. The van der Waals surface area contributed by atoms with Gasteiger partial charge in [0, 0.05) is 16.8 Å². The minimum atomic E-state index is -0.601. The predicted molar refractivity (Wildman–Crippen MR) is 76.3 cm³/mol. The lowest BCUT2D eigenvalue weighted by molar-refractivity contribution is 0.0602. The number of thiazole rings is 1. The lowest BCUT2D eigenvalue weighted by Gasteiger charge is -2.10. The number of nitrogen functional groups attached to an aromatic ring is 1. The standard InChI is InChI=1S/C13H14FN3O2S/c1-7-6-20-12(17-7)5-16-11-3-8(13(18)19-2)10(15)4-9(11)14/h3-4,6,16H,5,15H2,1-2H3. The number of carbonyl (C=O) groups is 1. The quantitative estimate of drug-likeness (QED) is 0.669. The normalized spacial score (nSPS) is 10.3. The number of aromatic nitrogens is 1. The van der Waals surface area contributed by atoms with Crippen LogP contribution in [-0.4, -0.2) is 18.1 Å². The summed E-state index contributed by atoms with van der Waals surface area (Å²) in [6, 6.07) is 2.44. The molecular weight excluding hydrogens is 281 g/mol. The van der Waals surface area contributed by atoms with Gasteiger partial charge >= 0.3 is 5.97 Å². The number of nitrogens with zero attached hydrogens (tertiary/aromatic N) is 1. The molecule has 0 bridgehead atoms. The highest BCUT2D eigenvalue weighted by molar-refractivity contribution is 7.09. The number of halogens is 1. The van der Waals surface area contributed by atoms with Gasteiger partial charge in [0.1, 0.15) is 10.8 Å². The highest BCUT2D eigenvalue weighted by Crippen LogP contribution is 2.23. The minimum absolute atomic E-state index is 0.0463. The summed E-state index contributed by atoms with van der Waals surface area (Å²) in [6.07, 6.45) is 0. The highest BCUT2D eigenvalue weighted by atomic mass is 32.1. The topological polar surface area (TPSA) is 77.2 Å². The van der Waals surface area contributed by atoms with Gasteiger partial charge in [-0.1, -0.05) is 0 Å². The van der Waals surface area contributed by atoms with Crippen molar-refractivity contribution in [1.82, 2.24) is 4.98 Å². The summed E-state index contributed by atoms with van der Waals surface area (Å²) in [5.41, 5.74) is 6.88. The van der Waals surface area contributed by atoms with Gasteiger partial charge in [-0.2, -0.15) is 0 Å². The Morgan fingerprint density at radius 3 is 2.90 bits per heavy atom. The molecule has 0 aliphatic heterocycles. The van der Waals surface area contributed by atoms with Crippen LogP contribution < -0.4 is 11.1 Å². The molecule has 0 spiro atoms. The molecule has 7 heteroatoms. The van der Waals surface area contributed by atoms with Crippen LogP contribution in [0.15, 0.2) is 17.5 Å². The summed E-state index contributed by atoms with van der Waals surface area (Å²) in [5, 5.41) is 5.64. The van der Waals surface area contributed by atoms with Crippen molar-refractivity contribution in [2.75, 3.05) is 18.2 Å². The van der Waals surface area contributed by atoms with Gasteiger partial charge in [0.25, 0.3) is 0 Å². The number of rotatable bonds is 4. The van der Waals surface area contributed by atoms with Crippen LogP contribution in [0.2, 0.25) is 0 Å². The van der Waals surface area contributed by atoms with E-state index in [-0.39, 0.29) is 16.9 Å². The zero-order valence-corrected chi connectivity index (χ0v) is 11.9. The van der Waals surface area contributed by atoms with Gasteiger partial charge in [-0.15, -0.1) is 11.3 Å². The van der Waals surface area contributed by atoms with Crippen molar-refractivity contribution in [2.45, 2.75) is 13.5 Å². The van der Waals surface area contributed by atoms with Crippen LogP contribution in [-0.2, 0) is 11.3 Å². The molecule has 0 unspecified atom stereocenters. The highest BCUT2D eigenvalue weighted by Gasteiger charge is 2.14. The maximum atomic E-state index is 13.8. The number of esters is 1. The monoisotopic (exact) mass is 295 g/mol. The lowest BCUT2D eigenvalue weighted by Crippen LogP contribution is -2.09. The van der Waals surface area contributed by atoms with Crippen molar-refractivity contribution in [3.63, 3.8) is 0 Å². The predicted octanol–water partition coefficient (Wildman–Crippen LogP) is 2.57. The van der Waals surface area contributed by atoms with E-state index in [2.05, 4.69) is 15.0 Å². The Morgan fingerprint density at radius 2 is 2.30 bits per heavy atom. The average Bonchev–Trinajstić information content (AvgIpc) is 2.83. The average molecular weight is 295 g/mol. The van der Waals surface area contributed by atoms with Crippen LogP contribution in [0.3, 0.4) is 0 Å². The maximum absolute atomic E-state index is 13.8. The molecule has 2 rings (SSSR count).